The Balaban J connectivity index is 1.51. The standard InChI is InChI=1S/C21H33N3O3/c1-16(23(2)15-17-5-3-4-6-20(17)25)21(26)22-18-7-9-19(10-8-18)24-11-13-27-14-12-24/h7-10,16-17,20,25H,3-6,11-15H2,1-2H3,(H,22,26)/t16-,17+,20+/m1/s1. The van der Waals surface area contributed by atoms with Gasteiger partial charge in [0.25, 0.3) is 0 Å². The van der Waals surface area contributed by atoms with Crippen molar-refractivity contribution in [3.63, 3.8) is 0 Å². The number of carbonyl (C=O) groups excluding carboxylic acids is 1. The fourth-order valence-electron chi connectivity index (χ4n) is 3.95. The van der Waals surface area contributed by atoms with E-state index in [1.54, 1.807) is 0 Å². The number of nitrogens with one attached hydrogen (secondary N) is 1. The molecule has 6 nitrogen and oxygen atoms in total. The molecule has 1 aliphatic carbocycles. The molecule has 1 heterocycles. The summed E-state index contributed by atoms with van der Waals surface area (Å²) in [5, 5.41) is 13.2. The Bertz CT molecular complexity index is 601. The average molecular weight is 376 g/mol. The highest BCUT2D eigenvalue weighted by Crippen LogP contribution is 2.25. The van der Waals surface area contributed by atoms with Gasteiger partial charge in [0.1, 0.15) is 0 Å². The van der Waals surface area contributed by atoms with E-state index in [0.717, 1.165) is 63.5 Å². The van der Waals surface area contributed by atoms with Gasteiger partial charge in [0.05, 0.1) is 25.4 Å². The lowest BCUT2D eigenvalue weighted by molar-refractivity contribution is -0.120. The largest absolute Gasteiger partial charge is 0.393 e. The molecule has 1 aromatic rings. The van der Waals surface area contributed by atoms with Gasteiger partial charge in [-0.25, -0.2) is 0 Å². The first-order chi connectivity index (χ1) is 13.0. The Kier molecular flexibility index (Phi) is 7.10. The maximum absolute atomic E-state index is 12.6. The molecule has 6 heteroatoms. The van der Waals surface area contributed by atoms with Crippen molar-refractivity contribution in [3.05, 3.63) is 24.3 Å². The molecule has 0 radical (unpaired) electrons. The van der Waals surface area contributed by atoms with E-state index in [-0.39, 0.29) is 24.0 Å². The van der Waals surface area contributed by atoms with Crippen molar-refractivity contribution in [1.82, 2.24) is 4.90 Å². The lowest BCUT2D eigenvalue weighted by Crippen LogP contribution is -2.44. The third-order valence-corrected chi connectivity index (χ3v) is 5.94. The van der Waals surface area contributed by atoms with Gasteiger partial charge in [0.2, 0.25) is 5.91 Å². The molecule has 3 atom stereocenters. The van der Waals surface area contributed by atoms with Crippen LogP contribution in [0.3, 0.4) is 0 Å². The summed E-state index contributed by atoms with van der Waals surface area (Å²) in [4.78, 5) is 17.0. The molecule has 2 fully saturated rings. The number of amides is 1. The molecule has 0 aromatic heterocycles. The summed E-state index contributed by atoms with van der Waals surface area (Å²) in [5.74, 6) is 0.258. The zero-order valence-corrected chi connectivity index (χ0v) is 16.6. The van der Waals surface area contributed by atoms with Crippen molar-refractivity contribution < 1.29 is 14.6 Å². The molecular formula is C21H33N3O3. The number of hydrogen-bond donors (Lipinski definition) is 2. The van der Waals surface area contributed by atoms with E-state index in [0.29, 0.717) is 0 Å². The molecule has 150 valence electrons. The average Bonchev–Trinajstić information content (AvgIpc) is 2.70. The second-order valence-electron chi connectivity index (χ2n) is 7.86. The second kappa shape index (κ2) is 9.53. The number of morpholine rings is 1. The number of carbonyl (C=O) groups is 1. The zero-order chi connectivity index (χ0) is 19.2. The summed E-state index contributed by atoms with van der Waals surface area (Å²) in [7, 11) is 1.97. The minimum atomic E-state index is -0.238. The Labute approximate surface area is 162 Å². The molecule has 27 heavy (non-hydrogen) atoms. The Morgan fingerprint density at radius 1 is 1.26 bits per heavy atom. The molecule has 1 amide bonds. The van der Waals surface area contributed by atoms with Crippen LogP contribution in [0.4, 0.5) is 11.4 Å². The van der Waals surface area contributed by atoms with Gasteiger partial charge in [-0.2, -0.15) is 0 Å². The van der Waals surface area contributed by atoms with Gasteiger partial charge >= 0.3 is 0 Å². The summed E-state index contributed by atoms with van der Waals surface area (Å²) in [6, 6.07) is 7.78. The van der Waals surface area contributed by atoms with E-state index >= 15 is 0 Å². The van der Waals surface area contributed by atoms with Gasteiger partial charge in [-0.05, 0) is 57.0 Å². The van der Waals surface area contributed by atoms with Gasteiger partial charge in [0.15, 0.2) is 0 Å². The summed E-state index contributed by atoms with van der Waals surface area (Å²) in [6.07, 6.45) is 3.98. The zero-order valence-electron chi connectivity index (χ0n) is 16.6. The number of benzene rings is 1. The Morgan fingerprint density at radius 2 is 1.93 bits per heavy atom. The first kappa shape index (κ1) is 20.1. The normalized spacial score (nSPS) is 24.7. The van der Waals surface area contributed by atoms with Crippen LogP contribution in [0.2, 0.25) is 0 Å². The van der Waals surface area contributed by atoms with Crippen LogP contribution < -0.4 is 10.2 Å². The molecule has 2 N–H and O–H groups in total. The molecule has 3 rings (SSSR count). The maximum atomic E-state index is 12.6. The fourth-order valence-corrected chi connectivity index (χ4v) is 3.95. The number of likely N-dealkylation sites (N-methyl/N-ethyl adjacent to an activating group) is 1. The van der Waals surface area contributed by atoms with Crippen LogP contribution in [0.15, 0.2) is 24.3 Å². The van der Waals surface area contributed by atoms with Gasteiger partial charge in [0, 0.05) is 31.0 Å². The van der Waals surface area contributed by atoms with Gasteiger partial charge in [-0.15, -0.1) is 0 Å². The van der Waals surface area contributed by atoms with Crippen LogP contribution in [-0.4, -0.2) is 68.0 Å². The summed E-state index contributed by atoms with van der Waals surface area (Å²) < 4.78 is 5.39. The van der Waals surface area contributed by atoms with E-state index in [9.17, 15) is 9.90 Å². The Morgan fingerprint density at radius 3 is 2.59 bits per heavy atom. The SMILES string of the molecule is C[C@H](C(=O)Nc1ccc(N2CCOCC2)cc1)N(C)C[C@@H]1CCCC[C@@H]1O. The number of hydrogen-bond acceptors (Lipinski definition) is 5. The number of rotatable bonds is 6. The van der Waals surface area contributed by atoms with Gasteiger partial charge < -0.3 is 20.1 Å². The molecule has 1 saturated carbocycles. The maximum Gasteiger partial charge on any atom is 0.241 e. The number of anilines is 2. The van der Waals surface area contributed by atoms with Crippen LogP contribution in [0.5, 0.6) is 0 Å². The summed E-state index contributed by atoms with van der Waals surface area (Å²) >= 11 is 0. The second-order valence-corrected chi connectivity index (χ2v) is 7.86. The van der Waals surface area contributed by atoms with Crippen molar-refractivity contribution in [2.75, 3.05) is 50.1 Å². The highest BCUT2D eigenvalue weighted by molar-refractivity contribution is 5.94. The number of aliphatic hydroxyl groups excluding tert-OH is 1. The number of nitrogens with zero attached hydrogens (tertiary/aromatic N) is 2. The predicted octanol–water partition coefficient (Wildman–Crippen LogP) is 2.33. The highest BCUT2D eigenvalue weighted by Gasteiger charge is 2.27. The quantitative estimate of drug-likeness (QED) is 0.799. The van der Waals surface area contributed by atoms with Crippen molar-refractivity contribution in [2.24, 2.45) is 5.92 Å². The molecule has 1 aromatic carbocycles. The monoisotopic (exact) mass is 375 g/mol. The predicted molar refractivity (Wildman–Crippen MR) is 108 cm³/mol. The lowest BCUT2D eigenvalue weighted by atomic mass is 9.86. The van der Waals surface area contributed by atoms with Crippen LogP contribution in [0.25, 0.3) is 0 Å². The number of aliphatic hydroxyl groups is 1. The molecule has 2 aliphatic rings. The summed E-state index contributed by atoms with van der Waals surface area (Å²) in [6.45, 7) is 6.01. The molecular weight excluding hydrogens is 342 g/mol. The minimum Gasteiger partial charge on any atom is -0.393 e. The third kappa shape index (κ3) is 5.43. The minimum absolute atomic E-state index is 0.0121. The smallest absolute Gasteiger partial charge is 0.241 e. The first-order valence-corrected chi connectivity index (χ1v) is 10.2. The molecule has 0 spiro atoms. The van der Waals surface area contributed by atoms with E-state index < -0.39 is 0 Å². The van der Waals surface area contributed by atoms with Crippen LogP contribution in [0.1, 0.15) is 32.6 Å². The topological polar surface area (TPSA) is 65.0 Å². The fraction of sp³-hybridized carbons (Fsp3) is 0.667. The van der Waals surface area contributed by atoms with Crippen LogP contribution >= 0.6 is 0 Å². The van der Waals surface area contributed by atoms with Crippen molar-refractivity contribution >= 4 is 17.3 Å². The van der Waals surface area contributed by atoms with Gasteiger partial charge in [-0.1, -0.05) is 12.8 Å². The third-order valence-electron chi connectivity index (χ3n) is 5.94. The Hall–Kier alpha value is -1.63. The van der Waals surface area contributed by atoms with Crippen molar-refractivity contribution in [3.8, 4) is 0 Å². The summed E-state index contributed by atoms with van der Waals surface area (Å²) in [5.41, 5.74) is 1.97. The van der Waals surface area contributed by atoms with E-state index in [4.69, 9.17) is 4.74 Å². The molecule has 0 unspecified atom stereocenters. The molecule has 1 aliphatic heterocycles. The van der Waals surface area contributed by atoms with E-state index in [1.807, 2.05) is 38.2 Å². The van der Waals surface area contributed by atoms with Crippen molar-refractivity contribution in [1.29, 1.82) is 0 Å². The molecule has 1 saturated heterocycles. The molecule has 0 bridgehead atoms. The van der Waals surface area contributed by atoms with Crippen LogP contribution in [0, 0.1) is 5.92 Å². The number of ether oxygens (including phenoxy) is 1. The van der Waals surface area contributed by atoms with E-state index in [1.165, 1.54) is 6.42 Å². The van der Waals surface area contributed by atoms with Crippen molar-refractivity contribution in [2.45, 2.75) is 44.8 Å². The lowest BCUT2D eigenvalue weighted by Gasteiger charge is -2.33. The highest BCUT2D eigenvalue weighted by atomic mass is 16.5. The van der Waals surface area contributed by atoms with Crippen LogP contribution in [-0.2, 0) is 9.53 Å². The van der Waals surface area contributed by atoms with Gasteiger partial charge in [-0.3, -0.25) is 9.69 Å². The van der Waals surface area contributed by atoms with E-state index in [2.05, 4.69) is 15.1 Å². The first-order valence-electron chi connectivity index (χ1n) is 10.2.